The summed E-state index contributed by atoms with van der Waals surface area (Å²) in [7, 11) is 0. The van der Waals surface area contributed by atoms with Gasteiger partial charge < -0.3 is 10.6 Å². The number of benzene rings is 1. The second-order valence-corrected chi connectivity index (χ2v) is 4.41. The molecule has 19 heavy (non-hydrogen) atoms. The van der Waals surface area contributed by atoms with E-state index in [9.17, 15) is 4.79 Å². The van der Waals surface area contributed by atoms with Gasteiger partial charge in [0.1, 0.15) is 5.69 Å². The summed E-state index contributed by atoms with van der Waals surface area (Å²) in [6.45, 7) is 3.91. The van der Waals surface area contributed by atoms with E-state index in [1.807, 2.05) is 37.3 Å². The molecule has 4 heteroatoms. The number of amides is 1. The number of aromatic nitrogens is 1. The number of pyridine rings is 1. The second kappa shape index (κ2) is 6.29. The summed E-state index contributed by atoms with van der Waals surface area (Å²) < 4.78 is 0. The molecule has 0 unspecified atom stereocenters. The maximum absolute atomic E-state index is 12.5. The first kappa shape index (κ1) is 13.5. The first-order valence-electron chi connectivity index (χ1n) is 6.61. The van der Waals surface area contributed by atoms with E-state index in [2.05, 4.69) is 4.98 Å². The maximum Gasteiger partial charge on any atom is 0.273 e. The average Bonchev–Trinajstić information content (AvgIpc) is 2.47. The zero-order chi connectivity index (χ0) is 13.7. The Bertz CT molecular complexity index is 563. The van der Waals surface area contributed by atoms with Crippen LogP contribution in [0.2, 0.25) is 0 Å². The minimum atomic E-state index is -0.0206. The average molecular weight is 257 g/mol. The first-order chi connectivity index (χ1) is 9.27. The van der Waals surface area contributed by atoms with Crippen molar-refractivity contribution < 1.29 is 4.79 Å². The SMILES string of the molecule is CCN(CCCN)C(=O)c1nccc2ccccc12. The molecular weight excluding hydrogens is 238 g/mol. The van der Waals surface area contributed by atoms with Crippen LogP contribution < -0.4 is 5.73 Å². The number of fused-ring (bicyclic) bond motifs is 1. The minimum absolute atomic E-state index is 0.0206. The normalized spacial score (nSPS) is 10.6. The van der Waals surface area contributed by atoms with Gasteiger partial charge in [0.2, 0.25) is 0 Å². The van der Waals surface area contributed by atoms with Gasteiger partial charge >= 0.3 is 0 Å². The molecule has 2 aromatic rings. The fraction of sp³-hybridized carbons (Fsp3) is 0.333. The smallest absolute Gasteiger partial charge is 0.273 e. The number of carbonyl (C=O) groups is 1. The van der Waals surface area contributed by atoms with Crippen LogP contribution in [-0.2, 0) is 0 Å². The van der Waals surface area contributed by atoms with Gasteiger partial charge in [0.05, 0.1) is 0 Å². The van der Waals surface area contributed by atoms with Gasteiger partial charge in [0, 0.05) is 24.7 Å². The third-order valence-corrected chi connectivity index (χ3v) is 3.18. The third kappa shape index (κ3) is 2.90. The second-order valence-electron chi connectivity index (χ2n) is 4.41. The molecule has 0 fully saturated rings. The van der Waals surface area contributed by atoms with Crippen LogP contribution in [0.5, 0.6) is 0 Å². The molecule has 1 amide bonds. The highest BCUT2D eigenvalue weighted by molar-refractivity contribution is 6.05. The van der Waals surface area contributed by atoms with Crippen LogP contribution in [0.15, 0.2) is 36.5 Å². The Morgan fingerprint density at radius 2 is 2.11 bits per heavy atom. The Hall–Kier alpha value is -1.94. The predicted octanol–water partition coefficient (Wildman–Crippen LogP) is 2.05. The summed E-state index contributed by atoms with van der Waals surface area (Å²) in [5.74, 6) is -0.0206. The van der Waals surface area contributed by atoms with Gasteiger partial charge in [0.25, 0.3) is 5.91 Å². The number of rotatable bonds is 5. The fourth-order valence-corrected chi connectivity index (χ4v) is 2.13. The molecule has 0 saturated heterocycles. The molecule has 4 nitrogen and oxygen atoms in total. The van der Waals surface area contributed by atoms with Crippen molar-refractivity contribution in [3.8, 4) is 0 Å². The Morgan fingerprint density at radius 1 is 1.32 bits per heavy atom. The molecular formula is C15H19N3O. The molecule has 0 aliphatic carbocycles. The molecule has 1 heterocycles. The van der Waals surface area contributed by atoms with Gasteiger partial charge in [-0.1, -0.05) is 24.3 Å². The number of nitrogens with zero attached hydrogens (tertiary/aromatic N) is 2. The lowest BCUT2D eigenvalue weighted by Gasteiger charge is -2.20. The highest BCUT2D eigenvalue weighted by Gasteiger charge is 2.17. The predicted molar refractivity (Wildman–Crippen MR) is 77.0 cm³/mol. The number of hydrogen-bond donors (Lipinski definition) is 1. The molecule has 0 saturated carbocycles. The number of nitrogens with two attached hydrogens (primary N) is 1. The Morgan fingerprint density at radius 3 is 2.84 bits per heavy atom. The van der Waals surface area contributed by atoms with Crippen molar-refractivity contribution in [1.29, 1.82) is 0 Å². The minimum Gasteiger partial charge on any atom is -0.338 e. The lowest BCUT2D eigenvalue weighted by molar-refractivity contribution is 0.0760. The topological polar surface area (TPSA) is 59.2 Å². The first-order valence-corrected chi connectivity index (χ1v) is 6.61. The monoisotopic (exact) mass is 257 g/mol. The molecule has 0 radical (unpaired) electrons. The third-order valence-electron chi connectivity index (χ3n) is 3.18. The van der Waals surface area contributed by atoms with Crippen molar-refractivity contribution in [1.82, 2.24) is 9.88 Å². The van der Waals surface area contributed by atoms with E-state index < -0.39 is 0 Å². The van der Waals surface area contributed by atoms with Crippen LogP contribution in [0.1, 0.15) is 23.8 Å². The van der Waals surface area contributed by atoms with Crippen molar-refractivity contribution in [3.05, 3.63) is 42.2 Å². The summed E-state index contributed by atoms with van der Waals surface area (Å²) in [6, 6.07) is 9.73. The summed E-state index contributed by atoms with van der Waals surface area (Å²) in [4.78, 5) is 18.6. The van der Waals surface area contributed by atoms with E-state index in [-0.39, 0.29) is 5.91 Å². The van der Waals surface area contributed by atoms with Crippen molar-refractivity contribution in [3.63, 3.8) is 0 Å². The molecule has 0 spiro atoms. The lowest BCUT2D eigenvalue weighted by Crippen LogP contribution is -2.33. The lowest BCUT2D eigenvalue weighted by atomic mass is 10.1. The van der Waals surface area contributed by atoms with Crippen molar-refractivity contribution in [2.45, 2.75) is 13.3 Å². The highest BCUT2D eigenvalue weighted by Crippen LogP contribution is 2.17. The largest absolute Gasteiger partial charge is 0.338 e. The van der Waals surface area contributed by atoms with Crippen LogP contribution in [0.4, 0.5) is 0 Å². The molecule has 2 rings (SSSR count). The van der Waals surface area contributed by atoms with Gasteiger partial charge in [-0.2, -0.15) is 0 Å². The van der Waals surface area contributed by atoms with Crippen LogP contribution in [0, 0.1) is 0 Å². The molecule has 0 aliphatic heterocycles. The summed E-state index contributed by atoms with van der Waals surface area (Å²) in [5, 5.41) is 1.94. The Labute approximate surface area is 113 Å². The van der Waals surface area contributed by atoms with E-state index in [4.69, 9.17) is 5.73 Å². The van der Waals surface area contributed by atoms with Gasteiger partial charge in [-0.25, -0.2) is 0 Å². The van der Waals surface area contributed by atoms with Crippen LogP contribution in [0.3, 0.4) is 0 Å². The molecule has 0 bridgehead atoms. The van der Waals surface area contributed by atoms with Gasteiger partial charge in [-0.3, -0.25) is 9.78 Å². The standard InChI is InChI=1S/C15H19N3O/c1-2-18(11-5-9-16)15(19)14-13-7-4-3-6-12(13)8-10-17-14/h3-4,6-8,10H,2,5,9,11,16H2,1H3. The molecule has 1 aromatic carbocycles. The van der Waals surface area contributed by atoms with E-state index in [0.29, 0.717) is 25.3 Å². The van der Waals surface area contributed by atoms with Crippen molar-refractivity contribution in [2.75, 3.05) is 19.6 Å². The maximum atomic E-state index is 12.5. The molecule has 100 valence electrons. The van der Waals surface area contributed by atoms with Crippen molar-refractivity contribution in [2.24, 2.45) is 5.73 Å². The Balaban J connectivity index is 2.35. The molecule has 1 aromatic heterocycles. The van der Waals surface area contributed by atoms with E-state index >= 15 is 0 Å². The fourth-order valence-electron chi connectivity index (χ4n) is 2.13. The highest BCUT2D eigenvalue weighted by atomic mass is 16.2. The van der Waals surface area contributed by atoms with Gasteiger partial charge in [0.15, 0.2) is 0 Å². The van der Waals surface area contributed by atoms with Gasteiger partial charge in [-0.05, 0) is 31.3 Å². The molecule has 0 aliphatic rings. The van der Waals surface area contributed by atoms with Gasteiger partial charge in [-0.15, -0.1) is 0 Å². The van der Waals surface area contributed by atoms with E-state index in [1.165, 1.54) is 0 Å². The summed E-state index contributed by atoms with van der Waals surface area (Å²) in [5.41, 5.74) is 6.03. The zero-order valence-corrected chi connectivity index (χ0v) is 11.2. The number of hydrogen-bond acceptors (Lipinski definition) is 3. The quantitative estimate of drug-likeness (QED) is 0.891. The van der Waals surface area contributed by atoms with Crippen LogP contribution >= 0.6 is 0 Å². The summed E-state index contributed by atoms with van der Waals surface area (Å²) in [6.07, 6.45) is 2.50. The van der Waals surface area contributed by atoms with E-state index in [0.717, 1.165) is 17.2 Å². The molecule has 2 N–H and O–H groups in total. The van der Waals surface area contributed by atoms with Crippen molar-refractivity contribution >= 4 is 16.7 Å². The Kier molecular flexibility index (Phi) is 4.47. The van der Waals surface area contributed by atoms with E-state index in [1.54, 1.807) is 11.1 Å². The van der Waals surface area contributed by atoms with Crippen LogP contribution in [-0.4, -0.2) is 35.4 Å². The number of carbonyl (C=O) groups excluding carboxylic acids is 1. The van der Waals surface area contributed by atoms with Crippen LogP contribution in [0.25, 0.3) is 10.8 Å². The zero-order valence-electron chi connectivity index (χ0n) is 11.2. The molecule has 0 atom stereocenters. The summed E-state index contributed by atoms with van der Waals surface area (Å²) >= 11 is 0.